The molecule has 0 saturated heterocycles. The fraction of sp³-hybridized carbons (Fsp3) is 0.400. The van der Waals surface area contributed by atoms with Crippen molar-refractivity contribution in [3.8, 4) is 0 Å². The first-order chi connectivity index (χ1) is 8.33. The van der Waals surface area contributed by atoms with Gasteiger partial charge in [-0.05, 0) is 31.2 Å². The molecule has 0 aliphatic heterocycles. The Morgan fingerprint density at radius 3 is 2.65 bits per heavy atom. The monoisotopic (exact) mass is 232 g/mol. The van der Waals surface area contributed by atoms with Crippen molar-refractivity contribution >= 4 is 5.97 Å². The molecule has 0 saturated carbocycles. The lowest BCUT2D eigenvalue weighted by Gasteiger charge is -1.97. The number of ether oxygens (including phenoxy) is 1. The van der Waals surface area contributed by atoms with Gasteiger partial charge in [-0.1, -0.05) is 42.5 Å². The number of carbonyl (C=O) groups is 1. The standard InChI is InChI=1S/C15H20O2/c1-17-15(16)13-9-4-2-3-6-10-14-11-7-5-8-12-14/h3,5-8,11-12H,2,4,9-10,13H2,1H3/b6-3+. The highest BCUT2D eigenvalue weighted by atomic mass is 16.5. The van der Waals surface area contributed by atoms with Gasteiger partial charge in [-0.2, -0.15) is 0 Å². The Balaban J connectivity index is 2.05. The molecule has 0 fully saturated rings. The van der Waals surface area contributed by atoms with Crippen LogP contribution in [0.15, 0.2) is 42.5 Å². The SMILES string of the molecule is COC(=O)CCCC/C=C/Cc1ccccc1. The third-order valence-electron chi connectivity index (χ3n) is 2.59. The highest BCUT2D eigenvalue weighted by molar-refractivity contribution is 5.68. The molecule has 0 spiro atoms. The fourth-order valence-corrected chi connectivity index (χ4v) is 1.58. The molecule has 0 unspecified atom stereocenters. The summed E-state index contributed by atoms with van der Waals surface area (Å²) in [6.45, 7) is 0. The van der Waals surface area contributed by atoms with Crippen LogP contribution in [-0.4, -0.2) is 13.1 Å². The lowest BCUT2D eigenvalue weighted by atomic mass is 10.1. The maximum atomic E-state index is 10.8. The van der Waals surface area contributed by atoms with Crippen LogP contribution >= 0.6 is 0 Å². The molecular weight excluding hydrogens is 212 g/mol. The summed E-state index contributed by atoms with van der Waals surface area (Å²) in [6, 6.07) is 10.4. The van der Waals surface area contributed by atoms with Gasteiger partial charge in [0.15, 0.2) is 0 Å². The number of esters is 1. The lowest BCUT2D eigenvalue weighted by Crippen LogP contribution is -1.98. The normalized spacial score (nSPS) is 10.6. The molecule has 2 nitrogen and oxygen atoms in total. The Hall–Kier alpha value is -1.57. The first-order valence-corrected chi connectivity index (χ1v) is 6.08. The smallest absolute Gasteiger partial charge is 0.305 e. The second kappa shape index (κ2) is 8.57. The number of allylic oxidation sites excluding steroid dienone is 2. The highest BCUT2D eigenvalue weighted by Crippen LogP contribution is 2.04. The van der Waals surface area contributed by atoms with Gasteiger partial charge < -0.3 is 4.74 Å². The number of unbranched alkanes of at least 4 members (excludes halogenated alkanes) is 2. The second-order valence-corrected chi connectivity index (χ2v) is 3.98. The molecule has 2 heteroatoms. The van der Waals surface area contributed by atoms with Crippen molar-refractivity contribution < 1.29 is 9.53 Å². The summed E-state index contributed by atoms with van der Waals surface area (Å²) < 4.78 is 4.58. The number of benzene rings is 1. The number of hydrogen-bond donors (Lipinski definition) is 0. The first kappa shape index (κ1) is 13.5. The van der Waals surface area contributed by atoms with Gasteiger partial charge in [0, 0.05) is 6.42 Å². The van der Waals surface area contributed by atoms with Crippen LogP contribution in [0.2, 0.25) is 0 Å². The van der Waals surface area contributed by atoms with Crippen molar-refractivity contribution in [2.75, 3.05) is 7.11 Å². The van der Waals surface area contributed by atoms with Crippen LogP contribution in [0.4, 0.5) is 0 Å². The van der Waals surface area contributed by atoms with E-state index in [-0.39, 0.29) is 5.97 Å². The number of rotatable bonds is 7. The molecule has 92 valence electrons. The van der Waals surface area contributed by atoms with Crippen molar-refractivity contribution in [2.45, 2.75) is 32.1 Å². The second-order valence-electron chi connectivity index (χ2n) is 3.98. The van der Waals surface area contributed by atoms with E-state index in [0.29, 0.717) is 6.42 Å². The predicted octanol–water partition coefficient (Wildman–Crippen LogP) is 3.52. The van der Waals surface area contributed by atoms with E-state index in [1.807, 2.05) is 6.07 Å². The van der Waals surface area contributed by atoms with Gasteiger partial charge in [0.25, 0.3) is 0 Å². The van der Waals surface area contributed by atoms with E-state index in [1.54, 1.807) is 0 Å². The largest absolute Gasteiger partial charge is 0.469 e. The Kier molecular flexibility index (Phi) is 6.80. The summed E-state index contributed by atoms with van der Waals surface area (Å²) in [6.07, 6.45) is 8.87. The fourth-order valence-electron chi connectivity index (χ4n) is 1.58. The quantitative estimate of drug-likeness (QED) is 0.408. The summed E-state index contributed by atoms with van der Waals surface area (Å²) in [5.74, 6) is -0.113. The van der Waals surface area contributed by atoms with Crippen molar-refractivity contribution in [3.63, 3.8) is 0 Å². The van der Waals surface area contributed by atoms with Crippen LogP contribution < -0.4 is 0 Å². The molecule has 0 atom stereocenters. The van der Waals surface area contributed by atoms with E-state index in [4.69, 9.17) is 0 Å². The van der Waals surface area contributed by atoms with Crippen molar-refractivity contribution in [2.24, 2.45) is 0 Å². The zero-order valence-electron chi connectivity index (χ0n) is 10.4. The Bertz CT molecular complexity index is 341. The minimum atomic E-state index is -0.113. The van der Waals surface area contributed by atoms with Crippen LogP contribution in [0.3, 0.4) is 0 Å². The molecule has 0 N–H and O–H groups in total. The number of carbonyl (C=O) groups excluding carboxylic acids is 1. The third kappa shape index (κ3) is 6.56. The van der Waals surface area contributed by atoms with Crippen LogP contribution in [0.25, 0.3) is 0 Å². The molecule has 0 aliphatic carbocycles. The van der Waals surface area contributed by atoms with E-state index < -0.39 is 0 Å². The molecule has 1 aromatic rings. The van der Waals surface area contributed by atoms with Gasteiger partial charge in [0.2, 0.25) is 0 Å². The average molecular weight is 232 g/mol. The number of hydrogen-bond acceptors (Lipinski definition) is 2. The van der Waals surface area contributed by atoms with Gasteiger partial charge in [0.05, 0.1) is 7.11 Å². The zero-order chi connectivity index (χ0) is 12.3. The third-order valence-corrected chi connectivity index (χ3v) is 2.59. The van der Waals surface area contributed by atoms with Crippen molar-refractivity contribution in [3.05, 3.63) is 48.0 Å². The van der Waals surface area contributed by atoms with Crippen LogP contribution in [0, 0.1) is 0 Å². The predicted molar refractivity (Wildman–Crippen MR) is 69.8 cm³/mol. The minimum absolute atomic E-state index is 0.113. The Labute approximate surface area is 103 Å². The van der Waals surface area contributed by atoms with E-state index in [0.717, 1.165) is 25.7 Å². The molecule has 1 aromatic carbocycles. The molecule has 0 bridgehead atoms. The molecule has 0 amide bonds. The summed E-state index contributed by atoms with van der Waals surface area (Å²) in [7, 11) is 1.43. The van der Waals surface area contributed by atoms with Crippen LogP contribution in [-0.2, 0) is 16.0 Å². The van der Waals surface area contributed by atoms with Gasteiger partial charge in [-0.15, -0.1) is 0 Å². The first-order valence-electron chi connectivity index (χ1n) is 6.08. The molecule has 0 radical (unpaired) electrons. The maximum Gasteiger partial charge on any atom is 0.305 e. The van der Waals surface area contributed by atoms with Crippen LogP contribution in [0.5, 0.6) is 0 Å². The molecular formula is C15H20O2. The zero-order valence-corrected chi connectivity index (χ0v) is 10.4. The molecule has 17 heavy (non-hydrogen) atoms. The molecule has 0 aromatic heterocycles. The molecule has 1 rings (SSSR count). The summed E-state index contributed by atoms with van der Waals surface area (Å²) in [4.78, 5) is 10.8. The highest BCUT2D eigenvalue weighted by Gasteiger charge is 1.97. The van der Waals surface area contributed by atoms with Gasteiger partial charge in [-0.25, -0.2) is 0 Å². The van der Waals surface area contributed by atoms with E-state index in [2.05, 4.69) is 41.2 Å². The Morgan fingerprint density at radius 2 is 1.94 bits per heavy atom. The summed E-state index contributed by atoms with van der Waals surface area (Å²) in [5.41, 5.74) is 1.33. The number of methoxy groups -OCH3 is 1. The summed E-state index contributed by atoms with van der Waals surface area (Å²) >= 11 is 0. The van der Waals surface area contributed by atoms with Crippen molar-refractivity contribution in [1.82, 2.24) is 0 Å². The Morgan fingerprint density at radius 1 is 1.18 bits per heavy atom. The van der Waals surface area contributed by atoms with E-state index in [9.17, 15) is 4.79 Å². The van der Waals surface area contributed by atoms with Gasteiger partial charge >= 0.3 is 5.97 Å². The topological polar surface area (TPSA) is 26.3 Å². The van der Waals surface area contributed by atoms with E-state index >= 15 is 0 Å². The van der Waals surface area contributed by atoms with Gasteiger partial charge in [-0.3, -0.25) is 4.79 Å². The van der Waals surface area contributed by atoms with Gasteiger partial charge in [0.1, 0.15) is 0 Å². The lowest BCUT2D eigenvalue weighted by molar-refractivity contribution is -0.140. The van der Waals surface area contributed by atoms with Crippen LogP contribution in [0.1, 0.15) is 31.2 Å². The summed E-state index contributed by atoms with van der Waals surface area (Å²) in [5, 5.41) is 0. The van der Waals surface area contributed by atoms with Crippen molar-refractivity contribution in [1.29, 1.82) is 0 Å². The maximum absolute atomic E-state index is 10.8. The minimum Gasteiger partial charge on any atom is -0.469 e. The average Bonchev–Trinajstić information content (AvgIpc) is 2.38. The van der Waals surface area contributed by atoms with E-state index in [1.165, 1.54) is 12.7 Å². The molecule has 0 heterocycles. The molecule has 0 aliphatic rings.